The predicted octanol–water partition coefficient (Wildman–Crippen LogP) is 1.52. The second-order valence-electron chi connectivity index (χ2n) is 4.46. The van der Waals surface area contributed by atoms with Crippen LogP contribution in [0.15, 0.2) is 30.0 Å². The number of hydrogen-bond donors (Lipinski definition) is 1. The molecule has 104 valence electrons. The predicted molar refractivity (Wildman–Crippen MR) is 78.8 cm³/mol. The SMILES string of the molecule is CN(Cc1cccs1)c1ncnc2c1cnn2CCO. The summed E-state index contributed by atoms with van der Waals surface area (Å²) in [6.07, 6.45) is 3.30. The van der Waals surface area contributed by atoms with Crippen LogP contribution in [0.1, 0.15) is 4.88 Å². The number of fused-ring (bicyclic) bond motifs is 1. The van der Waals surface area contributed by atoms with Crippen LogP contribution < -0.4 is 4.90 Å². The zero-order valence-electron chi connectivity index (χ0n) is 11.1. The summed E-state index contributed by atoms with van der Waals surface area (Å²) in [6, 6.07) is 4.15. The lowest BCUT2D eigenvalue weighted by molar-refractivity contribution is 0.271. The molecule has 7 heteroatoms. The summed E-state index contributed by atoms with van der Waals surface area (Å²) in [4.78, 5) is 12.0. The maximum atomic E-state index is 9.03. The number of thiophene rings is 1. The minimum atomic E-state index is 0.0428. The van der Waals surface area contributed by atoms with Gasteiger partial charge < -0.3 is 10.0 Å². The number of aromatic nitrogens is 4. The quantitative estimate of drug-likeness (QED) is 0.771. The van der Waals surface area contributed by atoms with E-state index in [9.17, 15) is 0 Å². The van der Waals surface area contributed by atoms with Crippen LogP contribution in [0.4, 0.5) is 5.82 Å². The molecule has 0 saturated heterocycles. The largest absolute Gasteiger partial charge is 0.394 e. The van der Waals surface area contributed by atoms with Crippen molar-refractivity contribution in [2.45, 2.75) is 13.1 Å². The van der Waals surface area contributed by atoms with E-state index in [0.29, 0.717) is 6.54 Å². The fourth-order valence-corrected chi connectivity index (χ4v) is 2.91. The van der Waals surface area contributed by atoms with Gasteiger partial charge >= 0.3 is 0 Å². The number of nitrogens with zero attached hydrogens (tertiary/aromatic N) is 5. The summed E-state index contributed by atoms with van der Waals surface area (Å²) in [5.41, 5.74) is 0.752. The van der Waals surface area contributed by atoms with E-state index in [-0.39, 0.29) is 6.61 Å². The van der Waals surface area contributed by atoms with Crippen LogP contribution in [0.5, 0.6) is 0 Å². The van der Waals surface area contributed by atoms with Gasteiger partial charge in [0.15, 0.2) is 5.65 Å². The molecule has 3 aromatic heterocycles. The molecule has 3 rings (SSSR count). The van der Waals surface area contributed by atoms with Crippen LogP contribution >= 0.6 is 11.3 Å². The van der Waals surface area contributed by atoms with E-state index in [4.69, 9.17) is 5.11 Å². The highest BCUT2D eigenvalue weighted by atomic mass is 32.1. The lowest BCUT2D eigenvalue weighted by atomic mass is 10.3. The van der Waals surface area contributed by atoms with Crippen LogP contribution in [0.2, 0.25) is 0 Å². The van der Waals surface area contributed by atoms with E-state index in [1.165, 1.54) is 11.2 Å². The van der Waals surface area contributed by atoms with Crippen molar-refractivity contribution in [3.8, 4) is 0 Å². The molecule has 0 atom stereocenters. The van der Waals surface area contributed by atoms with Crippen LogP contribution in [0, 0.1) is 0 Å². The average Bonchev–Trinajstić information content (AvgIpc) is 3.09. The Morgan fingerprint density at radius 1 is 1.40 bits per heavy atom. The van der Waals surface area contributed by atoms with Crippen LogP contribution in [0.25, 0.3) is 11.0 Å². The monoisotopic (exact) mass is 289 g/mol. The first-order valence-corrected chi connectivity index (χ1v) is 7.18. The van der Waals surface area contributed by atoms with Gasteiger partial charge in [-0.2, -0.15) is 5.10 Å². The Kier molecular flexibility index (Phi) is 3.62. The smallest absolute Gasteiger partial charge is 0.163 e. The van der Waals surface area contributed by atoms with Gasteiger partial charge in [-0.05, 0) is 11.4 Å². The summed E-state index contributed by atoms with van der Waals surface area (Å²) in [5, 5.41) is 16.3. The third kappa shape index (κ3) is 2.37. The summed E-state index contributed by atoms with van der Waals surface area (Å²) < 4.78 is 1.69. The molecule has 3 aromatic rings. The van der Waals surface area contributed by atoms with E-state index in [1.54, 1.807) is 22.2 Å². The second-order valence-corrected chi connectivity index (χ2v) is 5.49. The van der Waals surface area contributed by atoms with E-state index in [2.05, 4.69) is 31.4 Å². The molecular weight excluding hydrogens is 274 g/mol. The van der Waals surface area contributed by atoms with E-state index < -0.39 is 0 Å². The third-order valence-electron chi connectivity index (χ3n) is 3.06. The normalized spacial score (nSPS) is 11.1. The van der Waals surface area contributed by atoms with Crippen molar-refractivity contribution in [3.63, 3.8) is 0 Å². The molecule has 0 spiro atoms. The molecule has 0 radical (unpaired) electrons. The zero-order chi connectivity index (χ0) is 13.9. The number of aliphatic hydroxyl groups excluding tert-OH is 1. The van der Waals surface area contributed by atoms with Gasteiger partial charge in [-0.15, -0.1) is 11.3 Å². The fraction of sp³-hybridized carbons (Fsp3) is 0.308. The lowest BCUT2D eigenvalue weighted by Gasteiger charge is -2.17. The first-order valence-electron chi connectivity index (χ1n) is 6.30. The molecule has 1 N–H and O–H groups in total. The van der Waals surface area contributed by atoms with Gasteiger partial charge in [-0.1, -0.05) is 6.07 Å². The zero-order valence-corrected chi connectivity index (χ0v) is 11.9. The molecule has 0 aliphatic heterocycles. The van der Waals surface area contributed by atoms with E-state index in [0.717, 1.165) is 23.4 Å². The van der Waals surface area contributed by atoms with Crippen molar-refractivity contribution in [3.05, 3.63) is 34.9 Å². The highest BCUT2D eigenvalue weighted by Crippen LogP contribution is 2.23. The van der Waals surface area contributed by atoms with Gasteiger partial charge in [0, 0.05) is 11.9 Å². The van der Waals surface area contributed by atoms with E-state index >= 15 is 0 Å². The topological polar surface area (TPSA) is 67.1 Å². The Hall–Kier alpha value is -1.99. The van der Waals surface area contributed by atoms with Crippen LogP contribution in [-0.2, 0) is 13.1 Å². The molecule has 20 heavy (non-hydrogen) atoms. The molecule has 0 aliphatic rings. The summed E-state index contributed by atoms with van der Waals surface area (Å²) in [7, 11) is 2.00. The van der Waals surface area contributed by atoms with Gasteiger partial charge in [0.1, 0.15) is 12.1 Å². The van der Waals surface area contributed by atoms with Crippen molar-refractivity contribution in [2.75, 3.05) is 18.6 Å². The van der Waals surface area contributed by atoms with Crippen LogP contribution in [0.3, 0.4) is 0 Å². The fourth-order valence-electron chi connectivity index (χ4n) is 2.15. The molecule has 3 heterocycles. The third-order valence-corrected chi connectivity index (χ3v) is 3.92. The molecule has 0 amide bonds. The Balaban J connectivity index is 1.94. The molecule has 0 saturated carbocycles. The Morgan fingerprint density at radius 3 is 3.05 bits per heavy atom. The van der Waals surface area contributed by atoms with Crippen molar-refractivity contribution >= 4 is 28.2 Å². The minimum absolute atomic E-state index is 0.0428. The lowest BCUT2D eigenvalue weighted by Crippen LogP contribution is -2.17. The molecular formula is C13H15N5OS. The van der Waals surface area contributed by atoms with Gasteiger partial charge in [-0.3, -0.25) is 0 Å². The number of hydrogen-bond acceptors (Lipinski definition) is 6. The van der Waals surface area contributed by atoms with Crippen molar-refractivity contribution in [1.29, 1.82) is 0 Å². The molecule has 0 fully saturated rings. The van der Waals surface area contributed by atoms with Gasteiger partial charge in [0.05, 0.1) is 31.3 Å². The van der Waals surface area contributed by atoms with Gasteiger partial charge in [0.25, 0.3) is 0 Å². The standard InChI is InChI=1S/C13H15N5OS/c1-17(8-10-3-2-6-20-10)12-11-7-16-18(4-5-19)13(11)15-9-14-12/h2-3,6-7,9,19H,4-5,8H2,1H3. The number of rotatable bonds is 5. The highest BCUT2D eigenvalue weighted by Gasteiger charge is 2.13. The maximum Gasteiger partial charge on any atom is 0.163 e. The van der Waals surface area contributed by atoms with Crippen molar-refractivity contribution < 1.29 is 5.11 Å². The summed E-state index contributed by atoms with van der Waals surface area (Å²) >= 11 is 1.73. The van der Waals surface area contributed by atoms with Gasteiger partial charge in [-0.25, -0.2) is 14.6 Å². The van der Waals surface area contributed by atoms with Crippen molar-refractivity contribution in [1.82, 2.24) is 19.7 Å². The van der Waals surface area contributed by atoms with Gasteiger partial charge in [0.2, 0.25) is 0 Å². The molecule has 6 nitrogen and oxygen atoms in total. The Bertz CT molecular complexity index is 694. The first kappa shape index (κ1) is 13.0. The highest BCUT2D eigenvalue weighted by molar-refractivity contribution is 7.09. The minimum Gasteiger partial charge on any atom is -0.394 e. The molecule has 0 bridgehead atoms. The first-order chi connectivity index (χ1) is 9.79. The Labute approximate surface area is 120 Å². The van der Waals surface area contributed by atoms with Crippen molar-refractivity contribution in [2.24, 2.45) is 0 Å². The molecule has 0 aliphatic carbocycles. The average molecular weight is 289 g/mol. The molecule has 0 aromatic carbocycles. The number of aliphatic hydroxyl groups is 1. The second kappa shape index (κ2) is 5.56. The maximum absolute atomic E-state index is 9.03. The van der Waals surface area contributed by atoms with E-state index in [1.807, 2.05) is 13.1 Å². The number of anilines is 1. The Morgan fingerprint density at radius 2 is 2.30 bits per heavy atom. The van der Waals surface area contributed by atoms with Crippen LogP contribution in [-0.4, -0.2) is 38.5 Å². The molecule has 0 unspecified atom stereocenters. The summed E-state index contributed by atoms with van der Waals surface area (Å²) in [5.74, 6) is 0.854. The summed E-state index contributed by atoms with van der Waals surface area (Å²) in [6.45, 7) is 1.28.